The molecule has 0 saturated carbocycles. The minimum absolute atomic E-state index is 0.756. The molecule has 90 valence electrons. The second-order valence-corrected chi connectivity index (χ2v) is 4.24. The third-order valence-corrected chi connectivity index (χ3v) is 2.99. The molecule has 0 aliphatic carbocycles. The maximum absolute atomic E-state index is 5.56. The number of hydrogen-bond acceptors (Lipinski definition) is 2. The van der Waals surface area contributed by atoms with Crippen molar-refractivity contribution in [3.05, 3.63) is 59.5 Å². The van der Waals surface area contributed by atoms with Crippen LogP contribution in [0.2, 0.25) is 0 Å². The van der Waals surface area contributed by atoms with E-state index in [1.807, 2.05) is 12.1 Å². The summed E-state index contributed by atoms with van der Waals surface area (Å²) < 4.78 is 5.36. The minimum Gasteiger partial charge on any atom is -0.469 e. The lowest BCUT2D eigenvalue weighted by atomic mass is 9.99. The van der Waals surface area contributed by atoms with Crippen LogP contribution in [0.3, 0.4) is 0 Å². The third-order valence-electron chi connectivity index (χ3n) is 2.99. The fourth-order valence-electron chi connectivity index (χ4n) is 2.05. The van der Waals surface area contributed by atoms with Gasteiger partial charge in [-0.3, -0.25) is 0 Å². The molecule has 2 heteroatoms. The van der Waals surface area contributed by atoms with E-state index in [0.717, 1.165) is 38.0 Å². The van der Waals surface area contributed by atoms with Crippen LogP contribution in [0.5, 0.6) is 0 Å². The number of furan rings is 1. The van der Waals surface area contributed by atoms with E-state index in [1.165, 1.54) is 11.1 Å². The van der Waals surface area contributed by atoms with E-state index in [4.69, 9.17) is 10.2 Å². The Morgan fingerprint density at radius 2 is 1.65 bits per heavy atom. The lowest BCUT2D eigenvalue weighted by molar-refractivity contribution is 0.508. The van der Waals surface area contributed by atoms with Crippen LogP contribution >= 0.6 is 0 Å². The first-order chi connectivity index (χ1) is 8.40. The van der Waals surface area contributed by atoms with Crippen LogP contribution in [0, 0.1) is 0 Å². The first kappa shape index (κ1) is 11.9. The van der Waals surface area contributed by atoms with Gasteiger partial charge in [0.2, 0.25) is 0 Å². The highest BCUT2D eigenvalue weighted by Gasteiger charge is 2.03. The molecule has 0 saturated heterocycles. The predicted molar refractivity (Wildman–Crippen MR) is 69.9 cm³/mol. The number of benzene rings is 1. The smallest absolute Gasteiger partial charge is 0.104 e. The molecule has 0 aliphatic heterocycles. The van der Waals surface area contributed by atoms with Gasteiger partial charge in [-0.15, -0.1) is 0 Å². The second kappa shape index (κ2) is 6.26. The molecule has 0 unspecified atom stereocenters. The van der Waals surface area contributed by atoms with Crippen molar-refractivity contribution in [1.29, 1.82) is 0 Å². The third kappa shape index (κ3) is 3.46. The monoisotopic (exact) mass is 229 g/mol. The average Bonchev–Trinajstić information content (AvgIpc) is 2.88. The molecule has 0 fully saturated rings. The zero-order chi connectivity index (χ0) is 11.9. The van der Waals surface area contributed by atoms with Gasteiger partial charge >= 0.3 is 0 Å². The Morgan fingerprint density at radius 3 is 2.29 bits per heavy atom. The predicted octanol–water partition coefficient (Wildman–Crippen LogP) is 2.96. The van der Waals surface area contributed by atoms with Gasteiger partial charge in [0, 0.05) is 6.42 Å². The molecule has 0 atom stereocenters. The first-order valence-electron chi connectivity index (χ1n) is 6.19. The molecule has 0 radical (unpaired) electrons. The van der Waals surface area contributed by atoms with Gasteiger partial charge in [-0.2, -0.15) is 0 Å². The van der Waals surface area contributed by atoms with E-state index in [2.05, 4.69) is 24.3 Å². The van der Waals surface area contributed by atoms with Crippen molar-refractivity contribution in [3.63, 3.8) is 0 Å². The molecule has 2 N–H and O–H groups in total. The summed E-state index contributed by atoms with van der Waals surface area (Å²) in [6, 6.07) is 12.6. The molecule has 2 rings (SSSR count). The van der Waals surface area contributed by atoms with Crippen LogP contribution in [-0.2, 0) is 19.3 Å². The maximum Gasteiger partial charge on any atom is 0.104 e. The molecule has 17 heavy (non-hydrogen) atoms. The molecule has 0 spiro atoms. The van der Waals surface area contributed by atoms with E-state index in [0.29, 0.717) is 0 Å². The van der Waals surface area contributed by atoms with Crippen molar-refractivity contribution in [2.45, 2.75) is 25.7 Å². The number of hydrogen-bond donors (Lipinski definition) is 1. The molecule has 1 aromatic carbocycles. The lowest BCUT2D eigenvalue weighted by Crippen LogP contribution is -2.03. The average molecular weight is 229 g/mol. The van der Waals surface area contributed by atoms with Crippen molar-refractivity contribution < 1.29 is 4.42 Å². The van der Waals surface area contributed by atoms with Crippen molar-refractivity contribution >= 4 is 0 Å². The number of rotatable bonds is 6. The van der Waals surface area contributed by atoms with Crippen molar-refractivity contribution in [1.82, 2.24) is 0 Å². The SMILES string of the molecule is NCCCc1ccccc1CCc1ccco1. The van der Waals surface area contributed by atoms with E-state index >= 15 is 0 Å². The van der Waals surface area contributed by atoms with Gasteiger partial charge in [0.15, 0.2) is 0 Å². The maximum atomic E-state index is 5.56. The highest BCUT2D eigenvalue weighted by Crippen LogP contribution is 2.14. The lowest BCUT2D eigenvalue weighted by Gasteiger charge is -2.08. The van der Waals surface area contributed by atoms with Crippen molar-refractivity contribution in [2.75, 3.05) is 6.54 Å². The number of nitrogens with two attached hydrogens (primary N) is 1. The van der Waals surface area contributed by atoms with E-state index in [1.54, 1.807) is 6.26 Å². The summed E-state index contributed by atoms with van der Waals surface area (Å²) in [5.41, 5.74) is 8.40. The van der Waals surface area contributed by atoms with Crippen LogP contribution < -0.4 is 5.73 Å². The Bertz CT molecular complexity index is 434. The Kier molecular flexibility index (Phi) is 4.39. The molecule has 0 aliphatic rings. The Morgan fingerprint density at radius 1 is 0.882 bits per heavy atom. The summed E-state index contributed by atoms with van der Waals surface area (Å²) in [6.45, 7) is 0.756. The van der Waals surface area contributed by atoms with Crippen LogP contribution in [-0.4, -0.2) is 6.54 Å². The summed E-state index contributed by atoms with van der Waals surface area (Å²) in [6.07, 6.45) is 5.86. The molecule has 0 amide bonds. The second-order valence-electron chi connectivity index (χ2n) is 4.24. The summed E-state index contributed by atoms with van der Waals surface area (Å²) >= 11 is 0. The van der Waals surface area contributed by atoms with Crippen LogP contribution in [0.4, 0.5) is 0 Å². The normalized spacial score (nSPS) is 10.6. The Hall–Kier alpha value is -1.54. The van der Waals surface area contributed by atoms with Gasteiger partial charge in [0.1, 0.15) is 5.76 Å². The van der Waals surface area contributed by atoms with Crippen molar-refractivity contribution in [2.24, 2.45) is 5.73 Å². The first-order valence-corrected chi connectivity index (χ1v) is 6.19. The van der Waals surface area contributed by atoms with Gasteiger partial charge in [-0.05, 0) is 49.1 Å². The molecular weight excluding hydrogens is 210 g/mol. The van der Waals surface area contributed by atoms with Crippen molar-refractivity contribution in [3.8, 4) is 0 Å². The Labute approximate surface area is 102 Å². The standard InChI is InChI=1S/C15H19NO/c16-11-3-7-13-5-1-2-6-14(13)9-10-15-8-4-12-17-15/h1-2,4-6,8,12H,3,7,9-11,16H2. The molecule has 1 aromatic heterocycles. The summed E-state index contributed by atoms with van der Waals surface area (Å²) in [5.74, 6) is 1.05. The van der Waals surface area contributed by atoms with E-state index in [-0.39, 0.29) is 0 Å². The van der Waals surface area contributed by atoms with Crippen LogP contribution in [0.15, 0.2) is 47.1 Å². The summed E-state index contributed by atoms with van der Waals surface area (Å²) in [4.78, 5) is 0. The van der Waals surface area contributed by atoms with E-state index in [9.17, 15) is 0 Å². The van der Waals surface area contributed by atoms with Crippen LogP contribution in [0.25, 0.3) is 0 Å². The largest absolute Gasteiger partial charge is 0.469 e. The summed E-state index contributed by atoms with van der Waals surface area (Å²) in [5, 5.41) is 0. The van der Waals surface area contributed by atoms with Gasteiger partial charge in [0.05, 0.1) is 6.26 Å². The summed E-state index contributed by atoms with van der Waals surface area (Å²) in [7, 11) is 0. The van der Waals surface area contributed by atoms with Gasteiger partial charge < -0.3 is 10.2 Å². The molecule has 0 bridgehead atoms. The number of aryl methyl sites for hydroxylation is 3. The highest BCUT2D eigenvalue weighted by molar-refractivity contribution is 5.28. The van der Waals surface area contributed by atoms with Crippen LogP contribution in [0.1, 0.15) is 23.3 Å². The fraction of sp³-hybridized carbons (Fsp3) is 0.333. The zero-order valence-electron chi connectivity index (χ0n) is 10.1. The zero-order valence-corrected chi connectivity index (χ0v) is 10.1. The van der Waals surface area contributed by atoms with Gasteiger partial charge in [-0.25, -0.2) is 0 Å². The van der Waals surface area contributed by atoms with E-state index < -0.39 is 0 Å². The fourth-order valence-corrected chi connectivity index (χ4v) is 2.05. The molecule has 1 heterocycles. The minimum atomic E-state index is 0.756. The quantitative estimate of drug-likeness (QED) is 0.827. The molecule has 2 nitrogen and oxygen atoms in total. The topological polar surface area (TPSA) is 39.2 Å². The molecule has 2 aromatic rings. The Balaban J connectivity index is 1.99. The molecular formula is C15H19NO. The van der Waals surface area contributed by atoms with Gasteiger partial charge in [-0.1, -0.05) is 24.3 Å². The highest BCUT2D eigenvalue weighted by atomic mass is 16.3. The van der Waals surface area contributed by atoms with Gasteiger partial charge in [0.25, 0.3) is 0 Å².